The van der Waals surface area contributed by atoms with Crippen LogP contribution in [0.15, 0.2) is 89.8 Å². The standard InChI is InChI=1S/C26H24N2O2S/c1-18(19-11-5-3-6-12-19)27-24(29)17-22-21-15-9-10-16-23(21)28-25(26(22)31(2)30)20-13-7-4-8-14-20/h3-16,18H,17H2,1-2H3,(H,27,29). The highest BCUT2D eigenvalue weighted by atomic mass is 32.2. The van der Waals surface area contributed by atoms with E-state index in [1.54, 1.807) is 6.26 Å². The van der Waals surface area contributed by atoms with Gasteiger partial charge in [-0.25, -0.2) is 4.98 Å². The van der Waals surface area contributed by atoms with E-state index in [1.165, 1.54) is 0 Å². The van der Waals surface area contributed by atoms with Crippen LogP contribution < -0.4 is 5.32 Å². The monoisotopic (exact) mass is 428 g/mol. The van der Waals surface area contributed by atoms with Crippen LogP contribution in [0.5, 0.6) is 0 Å². The van der Waals surface area contributed by atoms with Gasteiger partial charge in [0.15, 0.2) is 0 Å². The number of amides is 1. The number of hydrogen-bond acceptors (Lipinski definition) is 3. The first-order valence-electron chi connectivity index (χ1n) is 10.2. The van der Waals surface area contributed by atoms with Crippen LogP contribution in [-0.4, -0.2) is 21.4 Å². The van der Waals surface area contributed by atoms with Crippen molar-refractivity contribution in [3.05, 3.63) is 96.1 Å². The van der Waals surface area contributed by atoms with Crippen LogP contribution in [0.3, 0.4) is 0 Å². The van der Waals surface area contributed by atoms with Crippen LogP contribution in [-0.2, 0) is 22.0 Å². The van der Waals surface area contributed by atoms with Gasteiger partial charge in [-0.15, -0.1) is 0 Å². The zero-order chi connectivity index (χ0) is 21.8. The van der Waals surface area contributed by atoms with E-state index in [0.717, 1.165) is 27.6 Å². The number of para-hydroxylation sites is 1. The van der Waals surface area contributed by atoms with Gasteiger partial charge in [0.05, 0.1) is 39.4 Å². The molecule has 0 aliphatic rings. The minimum absolute atomic E-state index is 0.113. The fraction of sp³-hybridized carbons (Fsp3) is 0.154. The second-order valence-corrected chi connectivity index (χ2v) is 8.80. The molecule has 2 atom stereocenters. The zero-order valence-electron chi connectivity index (χ0n) is 17.5. The van der Waals surface area contributed by atoms with Crippen molar-refractivity contribution >= 4 is 27.6 Å². The first kappa shape index (κ1) is 20.9. The van der Waals surface area contributed by atoms with E-state index in [0.29, 0.717) is 10.6 Å². The summed E-state index contributed by atoms with van der Waals surface area (Å²) < 4.78 is 12.9. The van der Waals surface area contributed by atoms with Crippen LogP contribution >= 0.6 is 0 Å². The van der Waals surface area contributed by atoms with Crippen LogP contribution in [0, 0.1) is 0 Å². The summed E-state index contributed by atoms with van der Waals surface area (Å²) in [6, 6.07) is 27.2. The lowest BCUT2D eigenvalue weighted by Crippen LogP contribution is -2.28. The van der Waals surface area contributed by atoms with Crippen LogP contribution in [0.25, 0.3) is 22.2 Å². The largest absolute Gasteiger partial charge is 0.349 e. The fourth-order valence-electron chi connectivity index (χ4n) is 3.82. The summed E-state index contributed by atoms with van der Waals surface area (Å²) >= 11 is 0. The molecule has 4 nitrogen and oxygen atoms in total. The molecule has 1 aromatic heterocycles. The number of aromatic nitrogens is 1. The highest BCUT2D eigenvalue weighted by Crippen LogP contribution is 2.32. The second kappa shape index (κ2) is 9.23. The summed E-state index contributed by atoms with van der Waals surface area (Å²) in [5, 5.41) is 3.93. The smallest absolute Gasteiger partial charge is 0.224 e. The first-order valence-corrected chi connectivity index (χ1v) is 11.7. The van der Waals surface area contributed by atoms with Gasteiger partial charge in [0.2, 0.25) is 5.91 Å². The highest BCUT2D eigenvalue weighted by molar-refractivity contribution is 7.84. The molecule has 0 saturated carbocycles. The van der Waals surface area contributed by atoms with Crippen molar-refractivity contribution in [3.8, 4) is 11.3 Å². The maximum atomic E-state index is 13.0. The summed E-state index contributed by atoms with van der Waals surface area (Å²) in [5.41, 5.74) is 4.15. The molecule has 156 valence electrons. The molecule has 5 heteroatoms. The van der Waals surface area contributed by atoms with E-state index < -0.39 is 10.8 Å². The molecule has 1 N–H and O–H groups in total. The van der Waals surface area contributed by atoms with E-state index in [-0.39, 0.29) is 18.4 Å². The van der Waals surface area contributed by atoms with E-state index in [9.17, 15) is 9.00 Å². The molecule has 1 heterocycles. The molecule has 0 fully saturated rings. The lowest BCUT2D eigenvalue weighted by Gasteiger charge is -2.18. The van der Waals surface area contributed by atoms with Gasteiger partial charge in [-0.2, -0.15) is 0 Å². The summed E-state index contributed by atoms with van der Waals surface area (Å²) in [6.07, 6.45) is 1.78. The predicted octanol–water partition coefficient (Wildman–Crippen LogP) is 5.06. The number of nitrogens with one attached hydrogen (secondary N) is 1. The minimum atomic E-state index is -1.32. The maximum absolute atomic E-state index is 13.0. The molecule has 2 unspecified atom stereocenters. The summed E-state index contributed by atoms with van der Waals surface area (Å²) in [6.45, 7) is 1.96. The minimum Gasteiger partial charge on any atom is -0.349 e. The van der Waals surface area contributed by atoms with E-state index in [2.05, 4.69) is 5.32 Å². The Morgan fingerprint density at radius 2 is 1.55 bits per heavy atom. The molecular weight excluding hydrogens is 404 g/mol. The lowest BCUT2D eigenvalue weighted by molar-refractivity contribution is -0.121. The number of hydrogen-bond donors (Lipinski definition) is 1. The second-order valence-electron chi connectivity index (χ2n) is 7.48. The third-order valence-electron chi connectivity index (χ3n) is 5.30. The van der Waals surface area contributed by atoms with Crippen molar-refractivity contribution in [1.29, 1.82) is 0 Å². The average Bonchev–Trinajstić information content (AvgIpc) is 2.79. The van der Waals surface area contributed by atoms with Crippen molar-refractivity contribution in [2.75, 3.05) is 6.26 Å². The van der Waals surface area contributed by atoms with Crippen molar-refractivity contribution in [2.45, 2.75) is 24.3 Å². The number of carbonyl (C=O) groups is 1. The van der Waals surface area contributed by atoms with Gasteiger partial charge in [-0.1, -0.05) is 78.9 Å². The normalized spacial score (nSPS) is 13.0. The number of pyridine rings is 1. The Hall–Kier alpha value is -3.31. The van der Waals surface area contributed by atoms with Gasteiger partial charge >= 0.3 is 0 Å². The van der Waals surface area contributed by atoms with E-state index in [1.807, 2.05) is 91.9 Å². The Balaban J connectivity index is 1.78. The molecule has 0 aliphatic carbocycles. The van der Waals surface area contributed by atoms with Gasteiger partial charge in [0, 0.05) is 17.2 Å². The lowest BCUT2D eigenvalue weighted by atomic mass is 10.0. The molecule has 0 aliphatic heterocycles. The van der Waals surface area contributed by atoms with E-state index in [4.69, 9.17) is 4.98 Å². The molecule has 4 rings (SSSR count). The van der Waals surface area contributed by atoms with Gasteiger partial charge < -0.3 is 5.32 Å². The third kappa shape index (κ3) is 4.57. The molecule has 0 radical (unpaired) electrons. The highest BCUT2D eigenvalue weighted by Gasteiger charge is 2.21. The van der Waals surface area contributed by atoms with Gasteiger partial charge in [0.1, 0.15) is 0 Å². The molecule has 31 heavy (non-hydrogen) atoms. The molecule has 4 aromatic rings. The quantitative estimate of drug-likeness (QED) is 0.467. The Morgan fingerprint density at radius 1 is 0.935 bits per heavy atom. The van der Waals surface area contributed by atoms with Crippen molar-refractivity contribution in [3.63, 3.8) is 0 Å². The SMILES string of the molecule is CC(NC(=O)Cc1c(S(C)=O)c(-c2ccccc2)nc2ccccc12)c1ccccc1. The van der Waals surface area contributed by atoms with Crippen LogP contribution in [0.4, 0.5) is 0 Å². The van der Waals surface area contributed by atoms with Crippen LogP contribution in [0.1, 0.15) is 24.1 Å². The number of carbonyl (C=O) groups excluding carboxylic acids is 1. The number of rotatable bonds is 6. The van der Waals surface area contributed by atoms with Crippen molar-refractivity contribution in [1.82, 2.24) is 10.3 Å². The Kier molecular flexibility index (Phi) is 6.23. The Morgan fingerprint density at radius 3 is 2.23 bits per heavy atom. The summed E-state index contributed by atoms with van der Waals surface area (Å²) in [5.74, 6) is -0.113. The molecule has 0 bridgehead atoms. The number of nitrogens with zero attached hydrogens (tertiary/aromatic N) is 1. The maximum Gasteiger partial charge on any atom is 0.224 e. The average molecular weight is 429 g/mol. The molecular formula is C26H24N2O2S. The molecule has 3 aromatic carbocycles. The predicted molar refractivity (Wildman–Crippen MR) is 126 cm³/mol. The van der Waals surface area contributed by atoms with E-state index >= 15 is 0 Å². The van der Waals surface area contributed by atoms with Gasteiger partial charge in [0.25, 0.3) is 0 Å². The number of fused-ring (bicyclic) bond motifs is 1. The molecule has 0 saturated heterocycles. The van der Waals surface area contributed by atoms with Crippen molar-refractivity contribution in [2.24, 2.45) is 0 Å². The molecule has 1 amide bonds. The Labute approximate surface area is 184 Å². The third-order valence-corrected chi connectivity index (χ3v) is 6.31. The van der Waals surface area contributed by atoms with Crippen LogP contribution in [0.2, 0.25) is 0 Å². The number of benzene rings is 3. The van der Waals surface area contributed by atoms with Crippen molar-refractivity contribution < 1.29 is 9.00 Å². The van der Waals surface area contributed by atoms with Gasteiger partial charge in [-0.3, -0.25) is 9.00 Å². The first-order chi connectivity index (χ1) is 15.0. The van der Waals surface area contributed by atoms with Gasteiger partial charge in [-0.05, 0) is 24.1 Å². The Bertz CT molecular complexity index is 1240. The topological polar surface area (TPSA) is 59.1 Å². The summed E-state index contributed by atoms with van der Waals surface area (Å²) in [7, 11) is -1.32. The molecule has 0 spiro atoms. The zero-order valence-corrected chi connectivity index (χ0v) is 18.4. The summed E-state index contributed by atoms with van der Waals surface area (Å²) in [4.78, 5) is 18.5. The fourth-order valence-corrected chi connectivity index (χ4v) is 4.78.